The van der Waals surface area contributed by atoms with Crippen molar-refractivity contribution in [2.75, 3.05) is 11.9 Å². The van der Waals surface area contributed by atoms with Gasteiger partial charge in [-0.15, -0.1) is 0 Å². The lowest BCUT2D eigenvalue weighted by molar-refractivity contribution is 0.149. The van der Waals surface area contributed by atoms with E-state index in [0.29, 0.717) is 17.0 Å². The number of furan rings is 1. The van der Waals surface area contributed by atoms with Crippen LogP contribution in [0.15, 0.2) is 41.0 Å². The molecule has 6 heteroatoms. The van der Waals surface area contributed by atoms with Gasteiger partial charge in [0.15, 0.2) is 0 Å². The third-order valence-electron chi connectivity index (χ3n) is 2.84. The Morgan fingerprint density at radius 2 is 2.20 bits per heavy atom. The van der Waals surface area contributed by atoms with Crippen molar-refractivity contribution in [1.29, 1.82) is 0 Å². The van der Waals surface area contributed by atoms with Gasteiger partial charge in [0.2, 0.25) is 0 Å². The minimum atomic E-state index is -0.927. The molecule has 0 radical (unpaired) electrons. The van der Waals surface area contributed by atoms with Crippen LogP contribution in [0.25, 0.3) is 0 Å². The predicted molar refractivity (Wildman–Crippen MR) is 71.8 cm³/mol. The van der Waals surface area contributed by atoms with E-state index in [1.54, 1.807) is 25.1 Å². The van der Waals surface area contributed by atoms with Crippen LogP contribution in [0.1, 0.15) is 17.4 Å². The van der Waals surface area contributed by atoms with E-state index in [0.717, 1.165) is 0 Å². The summed E-state index contributed by atoms with van der Waals surface area (Å²) in [7, 11) is 0. The summed E-state index contributed by atoms with van der Waals surface area (Å²) in [4.78, 5) is 11.7. The molecule has 0 bridgehead atoms. The first kappa shape index (κ1) is 14.1. The molecule has 0 aliphatic rings. The molecule has 0 saturated carbocycles. The average Bonchev–Trinajstić information content (AvgIpc) is 2.95. The highest BCUT2D eigenvalue weighted by molar-refractivity contribution is 5.90. The minimum Gasteiger partial charge on any atom is -0.467 e. The molecule has 0 saturated heterocycles. The summed E-state index contributed by atoms with van der Waals surface area (Å²) in [6.07, 6.45) is 0.513. The highest BCUT2D eigenvalue weighted by atomic mass is 19.1. The molecule has 0 spiro atoms. The van der Waals surface area contributed by atoms with Crippen molar-refractivity contribution >= 4 is 11.7 Å². The number of aliphatic hydroxyl groups excluding tert-OH is 1. The Bertz CT molecular complexity index is 584. The number of amides is 2. The van der Waals surface area contributed by atoms with Gasteiger partial charge in [-0.25, -0.2) is 9.18 Å². The van der Waals surface area contributed by atoms with Gasteiger partial charge in [0.05, 0.1) is 12.8 Å². The van der Waals surface area contributed by atoms with Crippen LogP contribution in [0.5, 0.6) is 0 Å². The Labute approximate surface area is 115 Å². The summed E-state index contributed by atoms with van der Waals surface area (Å²) in [5, 5.41) is 14.7. The topological polar surface area (TPSA) is 74.5 Å². The maximum absolute atomic E-state index is 13.3. The number of hydrogen-bond donors (Lipinski definition) is 3. The first-order valence-corrected chi connectivity index (χ1v) is 6.09. The normalized spacial score (nSPS) is 11.9. The molecule has 0 aliphatic heterocycles. The van der Waals surface area contributed by atoms with Crippen molar-refractivity contribution in [2.45, 2.75) is 13.0 Å². The SMILES string of the molecule is Cc1c(F)cccc1NC(=O)NCC(O)c1ccco1. The number of halogens is 1. The van der Waals surface area contributed by atoms with Crippen LogP contribution in [-0.2, 0) is 0 Å². The van der Waals surface area contributed by atoms with Gasteiger partial charge in [0, 0.05) is 11.3 Å². The summed E-state index contributed by atoms with van der Waals surface area (Å²) in [6.45, 7) is 1.57. The van der Waals surface area contributed by atoms with Crippen LogP contribution >= 0.6 is 0 Å². The van der Waals surface area contributed by atoms with Gasteiger partial charge in [-0.05, 0) is 31.2 Å². The number of carbonyl (C=O) groups is 1. The minimum absolute atomic E-state index is 0.00624. The van der Waals surface area contributed by atoms with Crippen LogP contribution in [0.4, 0.5) is 14.9 Å². The summed E-state index contributed by atoms with van der Waals surface area (Å²) >= 11 is 0. The van der Waals surface area contributed by atoms with E-state index >= 15 is 0 Å². The molecule has 1 unspecified atom stereocenters. The van der Waals surface area contributed by atoms with Crippen molar-refractivity contribution in [3.8, 4) is 0 Å². The summed E-state index contributed by atoms with van der Waals surface area (Å²) in [6, 6.07) is 7.16. The van der Waals surface area contributed by atoms with E-state index in [1.165, 1.54) is 18.4 Å². The highest BCUT2D eigenvalue weighted by Crippen LogP contribution is 2.17. The standard InChI is InChI=1S/C14H15FN2O3/c1-9-10(15)4-2-5-11(9)17-14(19)16-8-12(18)13-6-3-7-20-13/h2-7,12,18H,8H2,1H3,(H2,16,17,19). The molecular formula is C14H15FN2O3. The van der Waals surface area contributed by atoms with Crippen LogP contribution in [0.3, 0.4) is 0 Å². The third kappa shape index (κ3) is 3.36. The molecule has 3 N–H and O–H groups in total. The maximum Gasteiger partial charge on any atom is 0.319 e. The Morgan fingerprint density at radius 3 is 2.90 bits per heavy atom. The lowest BCUT2D eigenvalue weighted by atomic mass is 10.2. The molecule has 20 heavy (non-hydrogen) atoms. The smallest absolute Gasteiger partial charge is 0.319 e. The van der Waals surface area contributed by atoms with Crippen LogP contribution in [0.2, 0.25) is 0 Å². The fraction of sp³-hybridized carbons (Fsp3) is 0.214. The Balaban J connectivity index is 1.88. The molecule has 1 aromatic carbocycles. The zero-order valence-corrected chi connectivity index (χ0v) is 10.9. The fourth-order valence-corrected chi connectivity index (χ4v) is 1.68. The van der Waals surface area contributed by atoms with Crippen molar-refractivity contribution < 1.29 is 18.7 Å². The number of urea groups is 1. The van der Waals surface area contributed by atoms with E-state index < -0.39 is 18.0 Å². The molecule has 0 aliphatic carbocycles. The Hall–Kier alpha value is -2.34. The molecule has 5 nitrogen and oxygen atoms in total. The molecule has 2 amide bonds. The molecule has 106 valence electrons. The van der Waals surface area contributed by atoms with Gasteiger partial charge >= 0.3 is 6.03 Å². The van der Waals surface area contributed by atoms with E-state index in [1.807, 2.05) is 0 Å². The number of nitrogens with one attached hydrogen (secondary N) is 2. The average molecular weight is 278 g/mol. The van der Waals surface area contributed by atoms with Crippen molar-refractivity contribution in [3.05, 3.63) is 53.7 Å². The molecule has 2 rings (SSSR count). The first-order valence-electron chi connectivity index (χ1n) is 6.09. The number of rotatable bonds is 4. The molecule has 2 aromatic rings. The largest absolute Gasteiger partial charge is 0.467 e. The molecule has 0 fully saturated rings. The van der Waals surface area contributed by atoms with Gasteiger partial charge in [0.1, 0.15) is 17.7 Å². The highest BCUT2D eigenvalue weighted by Gasteiger charge is 2.12. The van der Waals surface area contributed by atoms with E-state index in [4.69, 9.17) is 4.42 Å². The van der Waals surface area contributed by atoms with Gasteiger partial charge < -0.3 is 20.2 Å². The summed E-state index contributed by atoms with van der Waals surface area (Å²) in [5.41, 5.74) is 0.740. The van der Waals surface area contributed by atoms with Crippen molar-refractivity contribution in [2.24, 2.45) is 0 Å². The molecule has 1 aromatic heterocycles. The monoisotopic (exact) mass is 278 g/mol. The third-order valence-corrected chi connectivity index (χ3v) is 2.84. The number of carbonyl (C=O) groups excluding carboxylic acids is 1. The second-order valence-corrected chi connectivity index (χ2v) is 4.28. The lowest BCUT2D eigenvalue weighted by Gasteiger charge is -2.12. The Kier molecular flexibility index (Phi) is 4.37. The fourth-order valence-electron chi connectivity index (χ4n) is 1.68. The second kappa shape index (κ2) is 6.21. The van der Waals surface area contributed by atoms with Crippen LogP contribution < -0.4 is 10.6 Å². The zero-order chi connectivity index (χ0) is 14.5. The van der Waals surface area contributed by atoms with Gasteiger partial charge in [-0.2, -0.15) is 0 Å². The second-order valence-electron chi connectivity index (χ2n) is 4.28. The number of hydrogen-bond acceptors (Lipinski definition) is 3. The summed E-state index contributed by atoms with van der Waals surface area (Å²) < 4.78 is 18.3. The number of benzene rings is 1. The number of aliphatic hydroxyl groups is 1. The zero-order valence-electron chi connectivity index (χ0n) is 10.9. The number of anilines is 1. The van der Waals surface area contributed by atoms with Gasteiger partial charge in [-0.3, -0.25) is 0 Å². The van der Waals surface area contributed by atoms with Crippen molar-refractivity contribution in [3.63, 3.8) is 0 Å². The first-order chi connectivity index (χ1) is 9.58. The van der Waals surface area contributed by atoms with Crippen LogP contribution in [0, 0.1) is 12.7 Å². The Morgan fingerprint density at radius 1 is 1.40 bits per heavy atom. The summed E-state index contributed by atoms with van der Waals surface area (Å²) in [5.74, 6) is -0.0225. The quantitative estimate of drug-likeness (QED) is 0.804. The van der Waals surface area contributed by atoms with E-state index in [2.05, 4.69) is 10.6 Å². The molecule has 1 atom stereocenters. The predicted octanol–water partition coefficient (Wildman–Crippen LogP) is 2.58. The van der Waals surface area contributed by atoms with Gasteiger partial charge in [-0.1, -0.05) is 6.07 Å². The maximum atomic E-state index is 13.3. The molecule has 1 heterocycles. The van der Waals surface area contributed by atoms with E-state index in [9.17, 15) is 14.3 Å². The van der Waals surface area contributed by atoms with Crippen molar-refractivity contribution in [1.82, 2.24) is 5.32 Å². The van der Waals surface area contributed by atoms with E-state index in [-0.39, 0.29) is 6.54 Å². The molecular weight excluding hydrogens is 263 g/mol. The van der Waals surface area contributed by atoms with Crippen LogP contribution in [-0.4, -0.2) is 17.7 Å². The van der Waals surface area contributed by atoms with Gasteiger partial charge in [0.25, 0.3) is 0 Å². The lowest BCUT2D eigenvalue weighted by Crippen LogP contribution is -2.32.